The summed E-state index contributed by atoms with van der Waals surface area (Å²) in [5, 5.41) is 0. The van der Waals surface area contributed by atoms with Gasteiger partial charge in [0, 0.05) is 19.8 Å². The van der Waals surface area contributed by atoms with Crippen molar-refractivity contribution in [2.24, 2.45) is 0 Å². The highest BCUT2D eigenvalue weighted by atomic mass is 16.5. The summed E-state index contributed by atoms with van der Waals surface area (Å²) in [4.78, 5) is 14.2. The second-order valence-electron chi connectivity index (χ2n) is 6.61. The van der Waals surface area contributed by atoms with Gasteiger partial charge in [0.1, 0.15) is 5.75 Å². The maximum Gasteiger partial charge on any atom is 0.343 e. The lowest BCUT2D eigenvalue weighted by atomic mass is 9.87. The highest BCUT2D eigenvalue weighted by molar-refractivity contribution is 5.91. The van der Waals surface area contributed by atoms with Crippen molar-refractivity contribution in [1.29, 1.82) is 0 Å². The smallest absolute Gasteiger partial charge is 0.343 e. The van der Waals surface area contributed by atoms with Crippen LogP contribution < -0.4 is 9.64 Å². The summed E-state index contributed by atoms with van der Waals surface area (Å²) in [6, 6.07) is 15.1. The number of hydrogen-bond acceptors (Lipinski definition) is 3. The summed E-state index contributed by atoms with van der Waals surface area (Å²) in [5.41, 5.74) is 2.76. The second-order valence-corrected chi connectivity index (χ2v) is 6.61. The van der Waals surface area contributed by atoms with E-state index in [4.69, 9.17) is 4.74 Å². The molecule has 0 aliphatic carbocycles. The van der Waals surface area contributed by atoms with Gasteiger partial charge in [0.2, 0.25) is 0 Å². The van der Waals surface area contributed by atoms with E-state index in [0.717, 1.165) is 11.3 Å². The first-order chi connectivity index (χ1) is 10.3. The van der Waals surface area contributed by atoms with Crippen LogP contribution in [0.4, 0.5) is 5.69 Å². The molecule has 0 heterocycles. The number of hydrogen-bond donors (Lipinski definition) is 0. The molecule has 0 radical (unpaired) electrons. The minimum absolute atomic E-state index is 0.0236. The van der Waals surface area contributed by atoms with E-state index in [1.807, 2.05) is 49.3 Å². The van der Waals surface area contributed by atoms with Crippen LogP contribution in [0.1, 0.15) is 36.7 Å². The van der Waals surface area contributed by atoms with Crippen molar-refractivity contribution >= 4 is 11.7 Å². The van der Waals surface area contributed by atoms with E-state index in [2.05, 4.69) is 20.8 Å². The quantitative estimate of drug-likeness (QED) is 0.626. The summed E-state index contributed by atoms with van der Waals surface area (Å²) in [6.07, 6.45) is 0. The molecule has 0 bridgehead atoms. The van der Waals surface area contributed by atoms with Crippen LogP contribution in [-0.4, -0.2) is 20.1 Å². The van der Waals surface area contributed by atoms with Crippen LogP contribution in [0, 0.1) is 0 Å². The van der Waals surface area contributed by atoms with Crippen LogP contribution in [0.5, 0.6) is 5.75 Å². The van der Waals surface area contributed by atoms with Crippen LogP contribution in [0.3, 0.4) is 0 Å². The fraction of sp³-hybridized carbons (Fsp3) is 0.316. The molecule has 2 rings (SSSR count). The summed E-state index contributed by atoms with van der Waals surface area (Å²) in [7, 11) is 3.93. The average molecular weight is 297 g/mol. The third-order valence-corrected chi connectivity index (χ3v) is 3.53. The van der Waals surface area contributed by atoms with Gasteiger partial charge < -0.3 is 9.64 Å². The Morgan fingerprint density at radius 2 is 1.64 bits per heavy atom. The number of benzene rings is 2. The van der Waals surface area contributed by atoms with Crippen LogP contribution in [0.25, 0.3) is 0 Å². The number of anilines is 1. The lowest BCUT2D eigenvalue weighted by molar-refractivity contribution is 0.0734. The normalized spacial score (nSPS) is 11.1. The Morgan fingerprint density at radius 3 is 2.18 bits per heavy atom. The first-order valence-electron chi connectivity index (χ1n) is 7.37. The lowest BCUT2D eigenvalue weighted by Crippen LogP contribution is -2.13. The zero-order valence-corrected chi connectivity index (χ0v) is 13.9. The van der Waals surface area contributed by atoms with E-state index < -0.39 is 0 Å². The van der Waals surface area contributed by atoms with E-state index in [1.54, 1.807) is 18.2 Å². The summed E-state index contributed by atoms with van der Waals surface area (Å²) in [6.45, 7) is 6.40. The Labute approximate surface area is 132 Å². The van der Waals surface area contributed by atoms with Crippen LogP contribution in [0.2, 0.25) is 0 Å². The maximum absolute atomic E-state index is 12.2. The summed E-state index contributed by atoms with van der Waals surface area (Å²) in [5.74, 6) is 0.241. The molecule has 22 heavy (non-hydrogen) atoms. The Kier molecular flexibility index (Phi) is 4.55. The number of rotatable bonds is 3. The van der Waals surface area contributed by atoms with Crippen molar-refractivity contribution in [3.05, 3.63) is 59.7 Å². The van der Waals surface area contributed by atoms with Gasteiger partial charge in [0.05, 0.1) is 5.56 Å². The van der Waals surface area contributed by atoms with E-state index in [-0.39, 0.29) is 11.4 Å². The third-order valence-electron chi connectivity index (χ3n) is 3.53. The van der Waals surface area contributed by atoms with Gasteiger partial charge in [0.15, 0.2) is 0 Å². The zero-order chi connectivity index (χ0) is 16.3. The van der Waals surface area contributed by atoms with Crippen LogP contribution in [0.15, 0.2) is 48.5 Å². The van der Waals surface area contributed by atoms with Gasteiger partial charge in [-0.2, -0.15) is 0 Å². The fourth-order valence-corrected chi connectivity index (χ4v) is 2.09. The molecule has 0 unspecified atom stereocenters. The molecule has 116 valence electrons. The van der Waals surface area contributed by atoms with E-state index in [0.29, 0.717) is 11.3 Å². The van der Waals surface area contributed by atoms with Crippen molar-refractivity contribution in [1.82, 2.24) is 0 Å². The molecule has 3 nitrogen and oxygen atoms in total. The van der Waals surface area contributed by atoms with Crippen LogP contribution >= 0.6 is 0 Å². The number of nitrogens with zero attached hydrogens (tertiary/aromatic N) is 1. The molecule has 0 amide bonds. The number of carbonyl (C=O) groups excluding carboxylic acids is 1. The fourth-order valence-electron chi connectivity index (χ4n) is 2.09. The van der Waals surface area contributed by atoms with Crippen molar-refractivity contribution in [3.63, 3.8) is 0 Å². The van der Waals surface area contributed by atoms with Crippen molar-refractivity contribution in [2.45, 2.75) is 26.2 Å². The molecule has 0 spiro atoms. The largest absolute Gasteiger partial charge is 0.423 e. The average Bonchev–Trinajstić information content (AvgIpc) is 2.46. The molecule has 3 heteroatoms. The Balaban J connectivity index is 2.15. The first kappa shape index (κ1) is 16.1. The number of ether oxygens (including phenoxy) is 1. The zero-order valence-electron chi connectivity index (χ0n) is 13.9. The second kappa shape index (κ2) is 6.22. The molecule has 2 aromatic carbocycles. The maximum atomic E-state index is 12.2. The molecular weight excluding hydrogens is 274 g/mol. The number of esters is 1. The van der Waals surface area contributed by atoms with Crippen molar-refractivity contribution in [2.75, 3.05) is 19.0 Å². The highest BCUT2D eigenvalue weighted by Crippen LogP contribution is 2.26. The lowest BCUT2D eigenvalue weighted by Gasteiger charge is -2.19. The molecular formula is C19H23NO2. The molecule has 0 saturated heterocycles. The summed E-state index contributed by atoms with van der Waals surface area (Å²) < 4.78 is 5.48. The van der Waals surface area contributed by atoms with E-state index >= 15 is 0 Å². The molecule has 0 N–H and O–H groups in total. The molecule has 0 aliphatic rings. The third kappa shape index (κ3) is 3.88. The Bertz CT molecular complexity index is 652. The van der Waals surface area contributed by atoms with E-state index in [1.165, 1.54) is 0 Å². The predicted octanol–water partition coefficient (Wildman–Crippen LogP) is 4.27. The van der Waals surface area contributed by atoms with E-state index in [9.17, 15) is 4.79 Å². The number of carbonyl (C=O) groups is 1. The standard InChI is InChI=1S/C19H23NO2/c1-19(2,3)15-7-6-8-17(13-15)22-18(21)14-9-11-16(12-10-14)20(4)5/h6-13H,1-5H3. The minimum Gasteiger partial charge on any atom is -0.423 e. The van der Waals surface area contributed by atoms with Gasteiger partial charge in [-0.1, -0.05) is 32.9 Å². The molecule has 0 aromatic heterocycles. The molecule has 0 atom stereocenters. The van der Waals surface area contributed by atoms with Gasteiger partial charge in [-0.15, -0.1) is 0 Å². The van der Waals surface area contributed by atoms with Gasteiger partial charge in [-0.3, -0.25) is 0 Å². The molecule has 0 aliphatic heterocycles. The van der Waals surface area contributed by atoms with Crippen LogP contribution in [-0.2, 0) is 5.41 Å². The first-order valence-corrected chi connectivity index (χ1v) is 7.37. The molecule has 2 aromatic rings. The SMILES string of the molecule is CN(C)c1ccc(C(=O)Oc2cccc(C(C)(C)C)c2)cc1. The van der Waals surface area contributed by atoms with Crippen molar-refractivity contribution in [3.8, 4) is 5.75 Å². The molecule has 0 fully saturated rings. The topological polar surface area (TPSA) is 29.5 Å². The summed E-state index contributed by atoms with van der Waals surface area (Å²) >= 11 is 0. The Morgan fingerprint density at radius 1 is 1.00 bits per heavy atom. The monoisotopic (exact) mass is 297 g/mol. The van der Waals surface area contributed by atoms with Gasteiger partial charge >= 0.3 is 5.97 Å². The van der Waals surface area contributed by atoms with Gasteiger partial charge in [0.25, 0.3) is 0 Å². The Hall–Kier alpha value is -2.29. The minimum atomic E-state index is -0.337. The predicted molar refractivity (Wildman–Crippen MR) is 90.9 cm³/mol. The van der Waals surface area contributed by atoms with Gasteiger partial charge in [-0.25, -0.2) is 4.79 Å². The van der Waals surface area contributed by atoms with Crippen molar-refractivity contribution < 1.29 is 9.53 Å². The highest BCUT2D eigenvalue weighted by Gasteiger charge is 2.15. The van der Waals surface area contributed by atoms with Gasteiger partial charge in [-0.05, 0) is 47.4 Å². The molecule has 0 saturated carbocycles.